The van der Waals surface area contributed by atoms with Crippen molar-refractivity contribution >= 4 is 44.0 Å². The van der Waals surface area contributed by atoms with Crippen LogP contribution in [0.1, 0.15) is 27.8 Å². The van der Waals surface area contributed by atoms with Crippen LogP contribution in [0.4, 0.5) is 10.7 Å². The molecule has 0 spiro atoms. The van der Waals surface area contributed by atoms with Crippen molar-refractivity contribution in [3.8, 4) is 5.88 Å². The summed E-state index contributed by atoms with van der Waals surface area (Å²) in [6.07, 6.45) is 0. The summed E-state index contributed by atoms with van der Waals surface area (Å²) in [5, 5.41) is 11.3. The van der Waals surface area contributed by atoms with Gasteiger partial charge in [0.05, 0.1) is 0 Å². The summed E-state index contributed by atoms with van der Waals surface area (Å²) >= 11 is 2.36. The monoisotopic (exact) mass is 460 g/mol. The van der Waals surface area contributed by atoms with Crippen molar-refractivity contribution in [3.05, 3.63) is 41.6 Å². The summed E-state index contributed by atoms with van der Waals surface area (Å²) in [6, 6.07) is 5.35. The number of aromatic carboxylic acids is 1. The zero-order chi connectivity index (χ0) is 20.2. The van der Waals surface area contributed by atoms with Gasteiger partial charge in [0.2, 0.25) is 0 Å². The van der Waals surface area contributed by atoms with Crippen LogP contribution in [0.25, 0.3) is 0 Å². The molecule has 10 nitrogen and oxygen atoms in total. The molecule has 0 saturated carbocycles. The van der Waals surface area contributed by atoms with Gasteiger partial charge in [0.1, 0.15) is 0 Å². The van der Waals surface area contributed by atoms with E-state index in [9.17, 15) is 18.0 Å². The van der Waals surface area contributed by atoms with Crippen LogP contribution >= 0.6 is 0 Å². The molecule has 2 amide bonds. The molecule has 0 bridgehead atoms. The number of carbonyl (C=O) groups excluding carboxylic acids is 1. The van der Waals surface area contributed by atoms with E-state index in [1.807, 2.05) is 6.92 Å². The Bertz CT molecular complexity index is 980. The van der Waals surface area contributed by atoms with E-state index in [1.165, 1.54) is 19.2 Å². The molecule has 0 aliphatic heterocycles. The van der Waals surface area contributed by atoms with Crippen LogP contribution in [0.15, 0.2) is 35.2 Å². The normalized spacial score (nSPS) is 12.1. The Kier molecular flexibility index (Phi) is 6.36. The molecule has 0 aliphatic rings. The molecular weight excluding hydrogens is 443 g/mol. The molecule has 1 unspecified atom stereocenters. The van der Waals surface area contributed by atoms with Gasteiger partial charge in [0.25, 0.3) is 0 Å². The second-order valence-electron chi connectivity index (χ2n) is 5.20. The first-order valence-corrected chi connectivity index (χ1v) is 9.98. The number of hydrogen-bond donors (Lipinski definition) is 3. The van der Waals surface area contributed by atoms with Crippen molar-refractivity contribution < 1.29 is 27.9 Å². The number of nitrogens with one attached hydrogen (secondary N) is 2. The molecule has 0 saturated heterocycles. The molecule has 144 valence electrons. The van der Waals surface area contributed by atoms with Crippen molar-refractivity contribution in [2.24, 2.45) is 0 Å². The molecule has 12 heteroatoms. The van der Waals surface area contributed by atoms with Gasteiger partial charge in [0, 0.05) is 0 Å². The number of benzene rings is 1. The molecule has 0 aliphatic carbocycles. The second-order valence-corrected chi connectivity index (χ2v) is 8.47. The van der Waals surface area contributed by atoms with E-state index in [2.05, 4.69) is 31.3 Å². The molecule has 0 radical (unpaired) electrons. The van der Waals surface area contributed by atoms with Gasteiger partial charge in [-0.1, -0.05) is 0 Å². The van der Waals surface area contributed by atoms with E-state index in [-0.39, 0.29) is 16.6 Å². The van der Waals surface area contributed by atoms with E-state index in [4.69, 9.17) is 9.84 Å². The van der Waals surface area contributed by atoms with Crippen LogP contribution in [0.3, 0.4) is 0 Å². The predicted molar refractivity (Wildman–Crippen MR) is 96.9 cm³/mol. The van der Waals surface area contributed by atoms with Gasteiger partial charge < -0.3 is 0 Å². The maximum absolute atomic E-state index is 12.4. The van der Waals surface area contributed by atoms with Crippen molar-refractivity contribution in [1.82, 2.24) is 14.7 Å². The van der Waals surface area contributed by atoms with Gasteiger partial charge in [-0.25, -0.2) is 0 Å². The Morgan fingerprint density at radius 1 is 1.26 bits per heavy atom. The molecule has 2 rings (SSSR count). The minimum atomic E-state index is -4.43. The molecule has 0 fully saturated rings. The van der Waals surface area contributed by atoms with Crippen molar-refractivity contribution in [2.75, 3.05) is 12.4 Å². The summed E-state index contributed by atoms with van der Waals surface area (Å²) in [7, 11) is -3.04. The second kappa shape index (κ2) is 8.33. The number of amides is 2. The van der Waals surface area contributed by atoms with E-state index >= 15 is 0 Å². The molecule has 3 N–H and O–H groups in total. The molecule has 1 aromatic carbocycles. The molecule has 2 aromatic rings. The van der Waals surface area contributed by atoms with Gasteiger partial charge in [0.15, 0.2) is 0 Å². The molecule has 27 heavy (non-hydrogen) atoms. The van der Waals surface area contributed by atoms with Crippen LogP contribution in [0, 0.1) is 0 Å². The minimum absolute atomic E-state index is 0.0517. The Morgan fingerprint density at radius 3 is 2.52 bits per heavy atom. The van der Waals surface area contributed by atoms with E-state index in [1.54, 1.807) is 10.8 Å². The third-order valence-corrected chi connectivity index (χ3v) is 5.16. The van der Waals surface area contributed by atoms with Crippen LogP contribution < -0.4 is 14.8 Å². The van der Waals surface area contributed by atoms with Crippen LogP contribution in [0.5, 0.6) is 5.88 Å². The molecule has 1 aromatic heterocycles. The number of hydrogen-bond acceptors (Lipinski definition) is 7. The maximum atomic E-state index is 12.4. The standard InChI is InChI=1S/C15H16N4O6SSe/c1-8(27)10-7-12(25-2)17-14(16-10)18-15(22)19-26(23,24)11-6-4-3-5-9(11)13(20)21/h3-8,27H,1-2H3,(H,20,21)(H2,16,17,18,19,22). The van der Waals surface area contributed by atoms with E-state index < -0.39 is 32.5 Å². The Hall–Kier alpha value is -2.69. The fraction of sp³-hybridized carbons (Fsp3) is 0.200. The number of aromatic nitrogens is 2. The number of urea groups is 1. The van der Waals surface area contributed by atoms with Gasteiger partial charge >= 0.3 is 163 Å². The number of carboxylic acid groups (broad SMARTS) is 1. The first-order valence-electron chi connectivity index (χ1n) is 7.41. The summed E-state index contributed by atoms with van der Waals surface area (Å²) < 4.78 is 31.5. The number of carboxylic acids is 1. The first-order chi connectivity index (χ1) is 12.6. The number of methoxy groups -OCH3 is 1. The van der Waals surface area contributed by atoms with Crippen molar-refractivity contribution in [1.29, 1.82) is 0 Å². The Balaban J connectivity index is 2.25. The topological polar surface area (TPSA) is 148 Å². The van der Waals surface area contributed by atoms with Crippen LogP contribution in [-0.2, 0) is 10.0 Å². The van der Waals surface area contributed by atoms with Crippen molar-refractivity contribution in [2.45, 2.75) is 16.6 Å². The van der Waals surface area contributed by atoms with Gasteiger partial charge in [-0.05, 0) is 0 Å². The summed E-state index contributed by atoms with van der Waals surface area (Å²) in [4.78, 5) is 30.7. The zero-order valence-corrected chi connectivity index (χ0v) is 16.9. The number of nitrogens with zero attached hydrogens (tertiary/aromatic N) is 2. The first kappa shape index (κ1) is 20.6. The molecule has 1 heterocycles. The quantitative estimate of drug-likeness (QED) is 0.534. The van der Waals surface area contributed by atoms with E-state index in [0.29, 0.717) is 5.69 Å². The van der Waals surface area contributed by atoms with E-state index in [0.717, 1.165) is 12.1 Å². The van der Waals surface area contributed by atoms with Crippen LogP contribution in [-0.4, -0.2) is 58.6 Å². The summed E-state index contributed by atoms with van der Waals surface area (Å²) in [5.41, 5.74) is 0.0894. The van der Waals surface area contributed by atoms with Crippen molar-refractivity contribution in [3.63, 3.8) is 0 Å². The number of ether oxygens (including phenoxy) is 1. The zero-order valence-electron chi connectivity index (χ0n) is 14.2. The van der Waals surface area contributed by atoms with Crippen LogP contribution in [0.2, 0.25) is 0 Å². The Morgan fingerprint density at radius 2 is 1.93 bits per heavy atom. The SMILES string of the molecule is COc1cc(C(C)[SeH])nc(NC(=O)NS(=O)(=O)c2ccccc2C(=O)O)n1. The fourth-order valence-electron chi connectivity index (χ4n) is 2.00. The molecular formula is C15H16N4O6SSe. The third-order valence-electron chi connectivity index (χ3n) is 3.22. The Labute approximate surface area is 163 Å². The van der Waals surface area contributed by atoms with Gasteiger partial charge in [-0.2, -0.15) is 0 Å². The summed E-state index contributed by atoms with van der Waals surface area (Å²) in [5.74, 6) is -1.42. The predicted octanol–water partition coefficient (Wildman–Crippen LogP) is 0.656. The fourth-order valence-corrected chi connectivity index (χ4v) is 3.38. The van der Waals surface area contributed by atoms with Gasteiger partial charge in [-0.15, -0.1) is 0 Å². The molecule has 1 atom stereocenters. The third kappa shape index (κ3) is 5.16. The summed E-state index contributed by atoms with van der Waals surface area (Å²) in [6.45, 7) is 1.85. The average molecular weight is 459 g/mol. The number of sulfonamides is 1. The number of carbonyl (C=O) groups is 2. The number of anilines is 1. The average Bonchev–Trinajstić information content (AvgIpc) is 2.60. The van der Waals surface area contributed by atoms with Gasteiger partial charge in [-0.3, -0.25) is 0 Å². The number of rotatable bonds is 6.